The van der Waals surface area contributed by atoms with E-state index in [2.05, 4.69) is 42.1 Å². The van der Waals surface area contributed by atoms with Gasteiger partial charge in [-0.1, -0.05) is 45.0 Å². The van der Waals surface area contributed by atoms with Crippen LogP contribution in [0.4, 0.5) is 4.79 Å². The predicted molar refractivity (Wildman–Crippen MR) is 151 cm³/mol. The first-order valence-corrected chi connectivity index (χ1v) is 13.1. The molecule has 206 valence electrons. The molecule has 3 aromatic rings. The molecule has 8 heteroatoms. The lowest BCUT2D eigenvalue weighted by Crippen LogP contribution is -2.33. The number of hydrogen-bond acceptors (Lipinski definition) is 7. The number of nitriles is 1. The van der Waals surface area contributed by atoms with Crippen LogP contribution in [-0.2, 0) is 11.2 Å². The molecule has 0 unspecified atom stereocenters. The van der Waals surface area contributed by atoms with Crippen molar-refractivity contribution in [3.63, 3.8) is 0 Å². The summed E-state index contributed by atoms with van der Waals surface area (Å²) in [7, 11) is 0. The first kappa shape index (κ1) is 29.4. The van der Waals surface area contributed by atoms with Crippen molar-refractivity contribution in [2.24, 2.45) is 5.41 Å². The molecule has 0 saturated carbocycles. The van der Waals surface area contributed by atoms with Gasteiger partial charge in [0, 0.05) is 12.1 Å². The van der Waals surface area contributed by atoms with Crippen LogP contribution in [0.3, 0.4) is 0 Å². The van der Waals surface area contributed by atoms with Crippen LogP contribution >= 0.6 is 0 Å². The monoisotopic (exact) mass is 530 g/mol. The van der Waals surface area contributed by atoms with Gasteiger partial charge in [0.25, 0.3) is 0 Å². The highest BCUT2D eigenvalue weighted by molar-refractivity contribution is 5.72. The average molecular weight is 531 g/mol. The highest BCUT2D eigenvalue weighted by Gasteiger charge is 2.18. The number of aryl methyl sites for hydroxylation is 1. The lowest BCUT2D eigenvalue weighted by molar-refractivity contribution is 0.0528. The van der Waals surface area contributed by atoms with E-state index in [1.165, 1.54) is 0 Å². The molecule has 1 N–H and O–H groups in total. The van der Waals surface area contributed by atoms with Crippen LogP contribution in [0.1, 0.15) is 64.9 Å². The summed E-state index contributed by atoms with van der Waals surface area (Å²) >= 11 is 0. The van der Waals surface area contributed by atoms with Crippen LogP contribution < -0.4 is 14.8 Å². The molecular weight excluding hydrogens is 492 g/mol. The molecule has 2 aromatic carbocycles. The third-order valence-corrected chi connectivity index (χ3v) is 6.03. The Hall–Kier alpha value is -4.12. The zero-order valence-electron chi connectivity index (χ0n) is 23.9. The van der Waals surface area contributed by atoms with Crippen LogP contribution in [0.25, 0.3) is 11.1 Å². The number of nitrogens with one attached hydrogen (secondary N) is 1. The van der Waals surface area contributed by atoms with Gasteiger partial charge in [-0.15, -0.1) is 0 Å². The number of alkyl carbamates (subject to hydrolysis) is 1. The summed E-state index contributed by atoms with van der Waals surface area (Å²) in [5.74, 6) is 1.82. The third kappa shape index (κ3) is 9.29. The van der Waals surface area contributed by atoms with Crippen molar-refractivity contribution in [2.45, 2.75) is 66.9 Å². The molecular formula is C31H38N4O4. The Kier molecular flexibility index (Phi) is 9.52. The molecule has 1 heterocycles. The lowest BCUT2D eigenvalue weighted by Gasteiger charge is -2.22. The van der Waals surface area contributed by atoms with E-state index < -0.39 is 11.7 Å². The van der Waals surface area contributed by atoms with E-state index in [-0.39, 0.29) is 5.41 Å². The molecule has 0 aliphatic rings. The Morgan fingerprint density at radius 2 is 1.69 bits per heavy atom. The topological polar surface area (TPSA) is 106 Å². The summed E-state index contributed by atoms with van der Waals surface area (Å²) in [6.45, 7) is 14.7. The second-order valence-electron chi connectivity index (χ2n) is 11.2. The number of ether oxygens (including phenoxy) is 3. The number of carbonyl (C=O) groups excluding carboxylic acids is 1. The molecule has 0 saturated heterocycles. The Labute approximate surface area is 231 Å². The fraction of sp³-hybridized carbons (Fsp3) is 0.419. The van der Waals surface area contributed by atoms with Crippen LogP contribution in [-0.4, -0.2) is 34.8 Å². The minimum atomic E-state index is -0.530. The number of amides is 1. The van der Waals surface area contributed by atoms with Crippen LogP contribution in [0, 0.1) is 23.7 Å². The zero-order valence-corrected chi connectivity index (χ0v) is 23.9. The number of benzene rings is 2. The molecule has 0 aliphatic heterocycles. The molecule has 0 bridgehead atoms. The maximum absolute atomic E-state index is 11.9. The lowest BCUT2D eigenvalue weighted by atomic mass is 9.92. The first-order valence-electron chi connectivity index (χ1n) is 13.1. The largest absolute Gasteiger partial charge is 0.477 e. The molecule has 0 radical (unpaired) electrons. The van der Waals surface area contributed by atoms with Gasteiger partial charge in [-0.25, -0.2) is 4.79 Å². The second-order valence-corrected chi connectivity index (χ2v) is 11.2. The molecule has 39 heavy (non-hydrogen) atoms. The van der Waals surface area contributed by atoms with Crippen molar-refractivity contribution in [1.82, 2.24) is 15.3 Å². The maximum Gasteiger partial charge on any atom is 0.407 e. The Bertz CT molecular complexity index is 1320. The normalized spacial score (nSPS) is 11.4. The van der Waals surface area contributed by atoms with E-state index in [0.29, 0.717) is 48.5 Å². The fourth-order valence-corrected chi connectivity index (χ4v) is 3.51. The van der Waals surface area contributed by atoms with Gasteiger partial charge >= 0.3 is 6.09 Å². The molecule has 0 aliphatic carbocycles. The van der Waals surface area contributed by atoms with Crippen LogP contribution in [0.2, 0.25) is 0 Å². The fourth-order valence-electron chi connectivity index (χ4n) is 3.51. The molecule has 1 aromatic heterocycles. The number of carbonyl (C=O) groups is 1. The van der Waals surface area contributed by atoms with Crippen molar-refractivity contribution >= 4 is 6.09 Å². The van der Waals surface area contributed by atoms with Gasteiger partial charge in [0.1, 0.15) is 17.2 Å². The maximum atomic E-state index is 11.9. The molecule has 1 amide bonds. The quantitative estimate of drug-likeness (QED) is 0.301. The van der Waals surface area contributed by atoms with Gasteiger partial charge in [-0.3, -0.25) is 0 Å². The Morgan fingerprint density at radius 1 is 1.00 bits per heavy atom. The molecule has 0 atom stereocenters. The van der Waals surface area contributed by atoms with E-state index in [1.54, 1.807) is 25.1 Å². The summed E-state index contributed by atoms with van der Waals surface area (Å²) in [5.41, 5.74) is 2.77. The van der Waals surface area contributed by atoms with Crippen molar-refractivity contribution in [1.29, 1.82) is 5.26 Å². The van der Waals surface area contributed by atoms with Gasteiger partial charge in [0.05, 0.1) is 24.3 Å². The smallest absolute Gasteiger partial charge is 0.407 e. The van der Waals surface area contributed by atoms with E-state index in [0.717, 1.165) is 23.1 Å². The average Bonchev–Trinajstić information content (AvgIpc) is 2.87. The van der Waals surface area contributed by atoms with Gasteiger partial charge in [-0.05, 0) is 75.3 Å². The van der Waals surface area contributed by atoms with Crippen molar-refractivity contribution in [3.05, 3.63) is 65.5 Å². The van der Waals surface area contributed by atoms with Crippen LogP contribution in [0.15, 0.2) is 48.5 Å². The number of nitrogens with zero attached hydrogens (tertiary/aromatic N) is 3. The summed E-state index contributed by atoms with van der Waals surface area (Å²) in [5, 5.41) is 12.3. The molecule has 0 fully saturated rings. The zero-order chi connectivity index (χ0) is 28.6. The van der Waals surface area contributed by atoms with Gasteiger partial charge < -0.3 is 19.5 Å². The highest BCUT2D eigenvalue weighted by Crippen LogP contribution is 2.35. The molecule has 8 nitrogen and oxygen atoms in total. The SMILES string of the molecule is CCC(C)(C)COc1cc(Oc2cc(C#N)ccc2-c2ccc(CCNC(=O)OC(C)(C)C)cc2)nc(C)n1. The van der Waals surface area contributed by atoms with Crippen molar-refractivity contribution < 1.29 is 19.0 Å². The highest BCUT2D eigenvalue weighted by atomic mass is 16.6. The van der Waals surface area contributed by atoms with Crippen molar-refractivity contribution in [3.8, 4) is 34.7 Å². The van der Waals surface area contributed by atoms with Crippen molar-refractivity contribution in [2.75, 3.05) is 13.2 Å². The van der Waals surface area contributed by atoms with E-state index >= 15 is 0 Å². The van der Waals surface area contributed by atoms with Gasteiger partial charge in [0.15, 0.2) is 0 Å². The minimum absolute atomic E-state index is 0.0200. The second kappa shape index (κ2) is 12.6. The molecule has 0 spiro atoms. The molecule has 3 rings (SSSR count). The van der Waals surface area contributed by atoms with E-state index in [4.69, 9.17) is 14.2 Å². The van der Waals surface area contributed by atoms with E-state index in [9.17, 15) is 10.1 Å². The summed E-state index contributed by atoms with van der Waals surface area (Å²) in [6.07, 6.45) is 1.21. The first-order chi connectivity index (χ1) is 18.4. The third-order valence-electron chi connectivity index (χ3n) is 6.03. The summed E-state index contributed by atoms with van der Waals surface area (Å²) in [4.78, 5) is 20.7. The standard InChI is InChI=1S/C31H38N4O4/c1-8-31(6,7)20-37-27-18-28(35-21(2)34-27)38-26-17-23(19-32)11-14-25(26)24-12-9-22(10-13-24)15-16-33-29(36)39-30(3,4)5/h9-14,17-18H,8,15-16,20H2,1-7H3,(H,33,36). The number of hydrogen-bond donors (Lipinski definition) is 1. The Morgan fingerprint density at radius 3 is 2.33 bits per heavy atom. The number of rotatable bonds is 10. The summed E-state index contributed by atoms with van der Waals surface area (Å²) < 4.78 is 17.4. The Balaban J connectivity index is 1.76. The van der Waals surface area contributed by atoms with Gasteiger partial charge in [0.2, 0.25) is 11.8 Å². The number of aromatic nitrogens is 2. The summed E-state index contributed by atoms with van der Waals surface area (Å²) in [6, 6.07) is 17.1. The predicted octanol–water partition coefficient (Wildman–Crippen LogP) is 7.00. The van der Waals surface area contributed by atoms with Gasteiger partial charge in [-0.2, -0.15) is 15.2 Å². The minimum Gasteiger partial charge on any atom is -0.477 e. The van der Waals surface area contributed by atoms with E-state index in [1.807, 2.05) is 51.1 Å². The van der Waals surface area contributed by atoms with Crippen LogP contribution in [0.5, 0.6) is 17.5 Å².